The highest BCUT2D eigenvalue weighted by molar-refractivity contribution is 6.22. The van der Waals surface area contributed by atoms with E-state index in [-0.39, 0.29) is 0 Å². The largest absolute Gasteiger partial charge is 0.310 e. The molecule has 0 spiro atoms. The molecule has 0 atom stereocenters. The molecule has 0 saturated heterocycles. The van der Waals surface area contributed by atoms with E-state index in [0.717, 1.165) is 28.2 Å². The summed E-state index contributed by atoms with van der Waals surface area (Å²) in [6.07, 6.45) is 0. The number of hydrogen-bond acceptors (Lipinski definition) is 1. The SMILES string of the molecule is c1ccc(-c2ccc(-c3ccc(N(c4ccc(-c5ccc6c(c5)c(-c5ccccc5)c(-c5ccccc5)c5ccccc56)cc4)c4ccc(-c5ccccc5)c(-c5ccccc5)c4)cc3)c(-c3ccccc3)c2)cc1. The number of fused-ring (bicyclic) bond motifs is 3. The average Bonchev–Trinajstić information content (AvgIpc) is 3.51. The third-order valence-corrected chi connectivity index (χ3v) is 14.7. The van der Waals surface area contributed by atoms with Gasteiger partial charge < -0.3 is 4.90 Å². The van der Waals surface area contributed by atoms with Crippen molar-refractivity contribution in [3.8, 4) is 89.0 Å². The van der Waals surface area contributed by atoms with E-state index in [4.69, 9.17) is 0 Å². The zero-order valence-corrected chi connectivity index (χ0v) is 41.4. The second-order valence-electron chi connectivity index (χ2n) is 19.2. The number of rotatable bonds is 11. The third kappa shape index (κ3) is 8.77. The molecule has 0 heterocycles. The van der Waals surface area contributed by atoms with Gasteiger partial charge in [-0.25, -0.2) is 0 Å². The van der Waals surface area contributed by atoms with E-state index in [1.165, 1.54) is 99.4 Å². The number of hydrogen-bond donors (Lipinski definition) is 0. The summed E-state index contributed by atoms with van der Waals surface area (Å²) in [6.45, 7) is 0. The van der Waals surface area contributed by atoms with Crippen molar-refractivity contribution in [3.05, 3.63) is 309 Å². The fourth-order valence-electron chi connectivity index (χ4n) is 11.1. The van der Waals surface area contributed by atoms with Crippen LogP contribution in [0.2, 0.25) is 0 Å². The first-order chi connectivity index (χ1) is 37.2. The summed E-state index contributed by atoms with van der Waals surface area (Å²) >= 11 is 0. The van der Waals surface area contributed by atoms with Gasteiger partial charge in [0.1, 0.15) is 0 Å². The van der Waals surface area contributed by atoms with E-state index in [1.54, 1.807) is 0 Å². The quantitative estimate of drug-likeness (QED) is 0.117. The van der Waals surface area contributed by atoms with Gasteiger partial charge in [-0.05, 0) is 159 Å². The summed E-state index contributed by atoms with van der Waals surface area (Å²) in [5.41, 5.74) is 22.3. The summed E-state index contributed by atoms with van der Waals surface area (Å²) in [6, 6.07) is 113. The van der Waals surface area contributed by atoms with Crippen LogP contribution in [0.5, 0.6) is 0 Å². The van der Waals surface area contributed by atoms with E-state index in [2.05, 4.69) is 314 Å². The summed E-state index contributed by atoms with van der Waals surface area (Å²) in [5.74, 6) is 0. The Labute approximate surface area is 439 Å². The standard InChI is InChI=1S/C74H51N/c1-7-21-52(22-8-1)60-39-46-65(70(49-60)55-25-11-3-12-26-55)57-37-43-63(44-38-57)75(64-45-48-66(54-23-9-2-10-24-54)71(51-64)56-27-13-4-14-28-56)62-41-35-53(36-42-62)61-40-47-68-67-33-19-20-34-69(67)73(58-29-15-5-16-30-58)74(72(68)50-61)59-31-17-6-18-32-59/h1-51H. The van der Waals surface area contributed by atoms with Gasteiger partial charge in [-0.1, -0.05) is 261 Å². The summed E-state index contributed by atoms with van der Waals surface area (Å²) < 4.78 is 0. The molecule has 13 aromatic carbocycles. The molecule has 13 rings (SSSR count). The lowest BCUT2D eigenvalue weighted by molar-refractivity contribution is 1.28. The van der Waals surface area contributed by atoms with Crippen molar-refractivity contribution in [2.75, 3.05) is 4.90 Å². The monoisotopic (exact) mass is 953 g/mol. The molecule has 13 aromatic rings. The lowest BCUT2D eigenvalue weighted by atomic mass is 9.84. The Bertz CT molecular complexity index is 4100. The molecule has 352 valence electrons. The second-order valence-corrected chi connectivity index (χ2v) is 19.2. The second kappa shape index (κ2) is 20.0. The van der Waals surface area contributed by atoms with Gasteiger partial charge in [0.05, 0.1) is 0 Å². The molecule has 0 aliphatic carbocycles. The molecule has 0 N–H and O–H groups in total. The van der Waals surface area contributed by atoms with Crippen LogP contribution in [-0.2, 0) is 0 Å². The maximum atomic E-state index is 2.41. The van der Waals surface area contributed by atoms with Gasteiger partial charge in [0.2, 0.25) is 0 Å². The van der Waals surface area contributed by atoms with Crippen molar-refractivity contribution in [2.45, 2.75) is 0 Å². The normalized spacial score (nSPS) is 11.2. The molecule has 0 aliphatic rings. The molecule has 1 heteroatoms. The van der Waals surface area contributed by atoms with Crippen molar-refractivity contribution >= 4 is 38.6 Å². The van der Waals surface area contributed by atoms with E-state index in [0.29, 0.717) is 0 Å². The minimum absolute atomic E-state index is 1.07. The predicted molar refractivity (Wildman–Crippen MR) is 320 cm³/mol. The van der Waals surface area contributed by atoms with Gasteiger partial charge >= 0.3 is 0 Å². The Morgan fingerprint density at radius 2 is 0.480 bits per heavy atom. The van der Waals surface area contributed by atoms with Crippen LogP contribution in [0.25, 0.3) is 111 Å². The van der Waals surface area contributed by atoms with Gasteiger partial charge in [-0.2, -0.15) is 0 Å². The van der Waals surface area contributed by atoms with Gasteiger partial charge in [0.25, 0.3) is 0 Å². The molecule has 1 nitrogen and oxygen atoms in total. The first-order valence-corrected chi connectivity index (χ1v) is 25.8. The Morgan fingerprint density at radius 3 is 1.01 bits per heavy atom. The first-order valence-electron chi connectivity index (χ1n) is 25.8. The molecule has 0 amide bonds. The number of nitrogens with zero attached hydrogens (tertiary/aromatic N) is 1. The maximum absolute atomic E-state index is 2.41. The van der Waals surface area contributed by atoms with Crippen LogP contribution in [0.4, 0.5) is 17.1 Å². The van der Waals surface area contributed by atoms with Crippen molar-refractivity contribution in [1.29, 1.82) is 0 Å². The van der Waals surface area contributed by atoms with Crippen LogP contribution < -0.4 is 4.90 Å². The molecule has 0 radical (unpaired) electrons. The highest BCUT2D eigenvalue weighted by atomic mass is 15.1. The molecule has 0 unspecified atom stereocenters. The van der Waals surface area contributed by atoms with Crippen molar-refractivity contribution in [2.24, 2.45) is 0 Å². The molecular weight excluding hydrogens is 903 g/mol. The summed E-state index contributed by atoms with van der Waals surface area (Å²) in [4.78, 5) is 2.40. The molecule has 0 saturated carbocycles. The van der Waals surface area contributed by atoms with E-state index in [1.807, 2.05) is 0 Å². The smallest absolute Gasteiger partial charge is 0.0468 e. The molecule has 0 aliphatic heterocycles. The lowest BCUT2D eigenvalue weighted by Crippen LogP contribution is -2.10. The molecular formula is C74H51N. The minimum Gasteiger partial charge on any atom is -0.310 e. The van der Waals surface area contributed by atoms with Gasteiger partial charge in [-0.3, -0.25) is 0 Å². The number of anilines is 3. The molecule has 0 fully saturated rings. The molecule has 0 aromatic heterocycles. The lowest BCUT2D eigenvalue weighted by Gasteiger charge is -2.27. The maximum Gasteiger partial charge on any atom is 0.0468 e. The highest BCUT2D eigenvalue weighted by Crippen LogP contribution is 2.47. The Hall–Kier alpha value is -9.82. The topological polar surface area (TPSA) is 3.24 Å². The third-order valence-electron chi connectivity index (χ3n) is 14.7. The van der Waals surface area contributed by atoms with Crippen LogP contribution in [0.1, 0.15) is 0 Å². The van der Waals surface area contributed by atoms with Crippen molar-refractivity contribution in [1.82, 2.24) is 0 Å². The van der Waals surface area contributed by atoms with Crippen LogP contribution in [-0.4, -0.2) is 0 Å². The van der Waals surface area contributed by atoms with Crippen LogP contribution in [0.3, 0.4) is 0 Å². The van der Waals surface area contributed by atoms with Crippen LogP contribution >= 0.6 is 0 Å². The van der Waals surface area contributed by atoms with E-state index in [9.17, 15) is 0 Å². The predicted octanol–water partition coefficient (Wildman–Crippen LogP) is 20.8. The zero-order valence-electron chi connectivity index (χ0n) is 41.4. The van der Waals surface area contributed by atoms with Crippen LogP contribution in [0, 0.1) is 0 Å². The van der Waals surface area contributed by atoms with Gasteiger partial charge in [-0.15, -0.1) is 0 Å². The fraction of sp³-hybridized carbons (Fsp3) is 0. The Balaban J connectivity index is 0.951. The highest BCUT2D eigenvalue weighted by Gasteiger charge is 2.21. The first kappa shape index (κ1) is 45.1. The molecule has 0 bridgehead atoms. The van der Waals surface area contributed by atoms with Crippen molar-refractivity contribution in [3.63, 3.8) is 0 Å². The Morgan fingerprint density at radius 1 is 0.160 bits per heavy atom. The Kier molecular flexibility index (Phi) is 12.0. The van der Waals surface area contributed by atoms with Gasteiger partial charge in [0.15, 0.2) is 0 Å². The van der Waals surface area contributed by atoms with Crippen LogP contribution in [0.15, 0.2) is 309 Å². The van der Waals surface area contributed by atoms with Crippen molar-refractivity contribution < 1.29 is 0 Å². The minimum atomic E-state index is 1.07. The number of benzene rings is 13. The summed E-state index contributed by atoms with van der Waals surface area (Å²) in [7, 11) is 0. The zero-order chi connectivity index (χ0) is 49.9. The molecule has 75 heavy (non-hydrogen) atoms. The fourth-order valence-corrected chi connectivity index (χ4v) is 11.1. The summed E-state index contributed by atoms with van der Waals surface area (Å²) in [5, 5.41) is 4.99. The van der Waals surface area contributed by atoms with E-state index < -0.39 is 0 Å². The van der Waals surface area contributed by atoms with E-state index >= 15 is 0 Å². The average molecular weight is 954 g/mol. The van der Waals surface area contributed by atoms with Gasteiger partial charge in [0, 0.05) is 17.1 Å².